The van der Waals surface area contributed by atoms with Crippen LogP contribution in [0.25, 0.3) is 0 Å². The standard InChI is InChI=1S/C12H17Br2NOS/c13-5-8-16-10-3-6-15(7-4-10)9-11-1-2-12(14)17-11/h1-2,10H,3-9H2. The Morgan fingerprint density at radius 1 is 1.35 bits per heavy atom. The molecular weight excluding hydrogens is 366 g/mol. The van der Waals surface area contributed by atoms with Crippen LogP contribution in [0.2, 0.25) is 0 Å². The number of nitrogens with zero attached hydrogens (tertiary/aromatic N) is 1. The van der Waals surface area contributed by atoms with Gasteiger partial charge in [0.25, 0.3) is 0 Å². The van der Waals surface area contributed by atoms with Gasteiger partial charge in [-0.2, -0.15) is 0 Å². The average molecular weight is 383 g/mol. The summed E-state index contributed by atoms with van der Waals surface area (Å²) in [6.07, 6.45) is 2.80. The molecule has 1 aromatic rings. The largest absolute Gasteiger partial charge is 0.377 e. The fraction of sp³-hybridized carbons (Fsp3) is 0.667. The lowest BCUT2D eigenvalue weighted by Crippen LogP contribution is -2.36. The summed E-state index contributed by atoms with van der Waals surface area (Å²) in [6, 6.07) is 4.34. The molecule has 0 amide bonds. The summed E-state index contributed by atoms with van der Waals surface area (Å²) in [5, 5.41) is 0.941. The van der Waals surface area contributed by atoms with Crippen LogP contribution in [0.1, 0.15) is 17.7 Å². The van der Waals surface area contributed by atoms with Gasteiger partial charge in [-0.05, 0) is 40.9 Å². The first-order chi connectivity index (χ1) is 8.28. The van der Waals surface area contributed by atoms with Crippen molar-refractivity contribution in [1.29, 1.82) is 0 Å². The minimum Gasteiger partial charge on any atom is -0.377 e. The van der Waals surface area contributed by atoms with Gasteiger partial charge in [-0.1, -0.05) is 15.9 Å². The number of thiophene rings is 1. The first-order valence-electron chi connectivity index (χ1n) is 5.92. The molecule has 0 radical (unpaired) electrons. The van der Waals surface area contributed by atoms with Crippen LogP contribution in [-0.2, 0) is 11.3 Å². The van der Waals surface area contributed by atoms with E-state index < -0.39 is 0 Å². The highest BCUT2D eigenvalue weighted by Crippen LogP contribution is 2.24. The second-order valence-corrected chi connectivity index (χ2v) is 7.58. The van der Waals surface area contributed by atoms with Crippen molar-refractivity contribution < 1.29 is 4.74 Å². The second-order valence-electron chi connectivity index (χ2n) is 4.24. The quantitative estimate of drug-likeness (QED) is 0.716. The molecule has 5 heteroatoms. The van der Waals surface area contributed by atoms with Gasteiger partial charge in [0.2, 0.25) is 0 Å². The Morgan fingerprint density at radius 2 is 2.12 bits per heavy atom. The molecule has 0 aliphatic carbocycles. The number of rotatable bonds is 5. The first-order valence-corrected chi connectivity index (χ1v) is 8.65. The van der Waals surface area contributed by atoms with E-state index in [2.05, 4.69) is 48.9 Å². The number of ether oxygens (including phenoxy) is 1. The smallest absolute Gasteiger partial charge is 0.0701 e. The van der Waals surface area contributed by atoms with Gasteiger partial charge in [-0.15, -0.1) is 11.3 Å². The molecule has 1 fully saturated rings. The lowest BCUT2D eigenvalue weighted by molar-refractivity contribution is 0.0143. The summed E-state index contributed by atoms with van der Waals surface area (Å²) in [5.74, 6) is 0. The number of likely N-dealkylation sites (tertiary alicyclic amines) is 1. The SMILES string of the molecule is BrCCOC1CCN(Cc2ccc(Br)s2)CC1. The Kier molecular flexibility index (Phi) is 5.96. The molecule has 0 unspecified atom stereocenters. The van der Waals surface area contributed by atoms with Crippen LogP contribution in [0.3, 0.4) is 0 Å². The maximum atomic E-state index is 5.76. The molecule has 0 aromatic carbocycles. The van der Waals surface area contributed by atoms with Crippen LogP contribution in [-0.4, -0.2) is 36.0 Å². The number of alkyl halides is 1. The highest BCUT2D eigenvalue weighted by Gasteiger charge is 2.19. The monoisotopic (exact) mass is 381 g/mol. The van der Waals surface area contributed by atoms with E-state index in [4.69, 9.17) is 4.74 Å². The molecule has 17 heavy (non-hydrogen) atoms. The van der Waals surface area contributed by atoms with E-state index in [1.807, 2.05) is 11.3 Å². The van der Waals surface area contributed by atoms with Gasteiger partial charge in [0, 0.05) is 29.8 Å². The van der Waals surface area contributed by atoms with Gasteiger partial charge in [0.15, 0.2) is 0 Å². The molecule has 2 nitrogen and oxygen atoms in total. The fourth-order valence-corrected chi connectivity index (χ4v) is 3.81. The van der Waals surface area contributed by atoms with Crippen molar-refractivity contribution in [2.75, 3.05) is 25.0 Å². The average Bonchev–Trinajstić information content (AvgIpc) is 2.74. The van der Waals surface area contributed by atoms with Crippen molar-refractivity contribution in [2.45, 2.75) is 25.5 Å². The van der Waals surface area contributed by atoms with E-state index >= 15 is 0 Å². The van der Waals surface area contributed by atoms with Crippen molar-refractivity contribution in [3.05, 3.63) is 20.8 Å². The second kappa shape index (κ2) is 7.24. The van der Waals surface area contributed by atoms with Crippen molar-refractivity contribution in [3.63, 3.8) is 0 Å². The van der Waals surface area contributed by atoms with E-state index in [1.54, 1.807) is 0 Å². The summed E-state index contributed by atoms with van der Waals surface area (Å²) in [4.78, 5) is 3.96. The molecule has 0 bridgehead atoms. The lowest BCUT2D eigenvalue weighted by atomic mass is 10.1. The molecule has 1 aliphatic heterocycles. The minimum atomic E-state index is 0.471. The Bertz CT molecular complexity index is 337. The number of hydrogen-bond acceptors (Lipinski definition) is 3. The molecule has 0 N–H and O–H groups in total. The normalized spacial score (nSPS) is 18.7. The van der Waals surface area contributed by atoms with E-state index in [0.29, 0.717) is 6.10 Å². The molecular formula is C12H17Br2NOS. The van der Waals surface area contributed by atoms with Gasteiger partial charge >= 0.3 is 0 Å². The van der Waals surface area contributed by atoms with Gasteiger partial charge in [0.05, 0.1) is 16.5 Å². The summed E-state index contributed by atoms with van der Waals surface area (Å²) < 4.78 is 6.98. The van der Waals surface area contributed by atoms with Crippen LogP contribution in [0, 0.1) is 0 Å². The molecule has 1 saturated heterocycles. The Hall–Kier alpha value is 0.580. The molecule has 2 heterocycles. The highest BCUT2D eigenvalue weighted by atomic mass is 79.9. The van der Waals surface area contributed by atoms with Crippen LogP contribution in [0.5, 0.6) is 0 Å². The maximum Gasteiger partial charge on any atom is 0.0701 e. The van der Waals surface area contributed by atoms with Crippen LogP contribution in [0.4, 0.5) is 0 Å². The summed E-state index contributed by atoms with van der Waals surface area (Å²) in [5.41, 5.74) is 0. The predicted octanol–water partition coefficient (Wildman–Crippen LogP) is 3.89. The van der Waals surface area contributed by atoms with Crippen LogP contribution < -0.4 is 0 Å². The number of halogens is 2. The van der Waals surface area contributed by atoms with E-state index in [9.17, 15) is 0 Å². The fourth-order valence-electron chi connectivity index (χ4n) is 2.10. The number of piperidine rings is 1. The lowest BCUT2D eigenvalue weighted by Gasteiger charge is -2.31. The van der Waals surface area contributed by atoms with Crippen molar-refractivity contribution in [1.82, 2.24) is 4.90 Å². The molecule has 96 valence electrons. The van der Waals surface area contributed by atoms with Crippen molar-refractivity contribution in [3.8, 4) is 0 Å². The summed E-state index contributed by atoms with van der Waals surface area (Å²) >= 11 is 8.74. The molecule has 1 aliphatic rings. The van der Waals surface area contributed by atoms with Crippen LogP contribution >= 0.6 is 43.2 Å². The molecule has 0 spiro atoms. The minimum absolute atomic E-state index is 0.471. The zero-order valence-electron chi connectivity index (χ0n) is 9.70. The zero-order chi connectivity index (χ0) is 12.1. The first kappa shape index (κ1) is 14.0. The van der Waals surface area contributed by atoms with Crippen LogP contribution in [0.15, 0.2) is 15.9 Å². The van der Waals surface area contributed by atoms with E-state index in [0.717, 1.165) is 31.6 Å². The van der Waals surface area contributed by atoms with Gasteiger partial charge in [-0.3, -0.25) is 4.90 Å². The molecule has 1 aromatic heterocycles. The van der Waals surface area contributed by atoms with Gasteiger partial charge in [-0.25, -0.2) is 0 Å². The topological polar surface area (TPSA) is 12.5 Å². The molecule has 0 saturated carbocycles. The highest BCUT2D eigenvalue weighted by molar-refractivity contribution is 9.11. The van der Waals surface area contributed by atoms with E-state index in [1.165, 1.54) is 21.5 Å². The van der Waals surface area contributed by atoms with Gasteiger partial charge in [0.1, 0.15) is 0 Å². The molecule has 2 rings (SSSR count). The third-order valence-electron chi connectivity index (χ3n) is 2.97. The third-order valence-corrected chi connectivity index (χ3v) is 4.91. The number of hydrogen-bond donors (Lipinski definition) is 0. The summed E-state index contributed by atoms with van der Waals surface area (Å²) in [6.45, 7) is 4.23. The Morgan fingerprint density at radius 3 is 2.71 bits per heavy atom. The maximum absolute atomic E-state index is 5.76. The Labute approximate surface area is 124 Å². The predicted molar refractivity (Wildman–Crippen MR) is 80.1 cm³/mol. The Balaban J connectivity index is 1.72. The zero-order valence-corrected chi connectivity index (χ0v) is 13.7. The van der Waals surface area contributed by atoms with E-state index in [-0.39, 0.29) is 0 Å². The van der Waals surface area contributed by atoms with Crippen molar-refractivity contribution >= 4 is 43.2 Å². The van der Waals surface area contributed by atoms with Gasteiger partial charge < -0.3 is 4.74 Å². The van der Waals surface area contributed by atoms with Crippen molar-refractivity contribution in [2.24, 2.45) is 0 Å². The summed E-state index contributed by atoms with van der Waals surface area (Å²) in [7, 11) is 0. The third kappa shape index (κ3) is 4.63. The molecule has 0 atom stereocenters.